The molecular formula is C10H21NO2. The van der Waals surface area contributed by atoms with Gasteiger partial charge in [-0.3, -0.25) is 4.90 Å². The standard InChI is InChI=1S/C10H21NO2/c1-8(9(2)12)11-5-6-13-7-10(11,3)4/h8-9,12H,5-7H2,1-4H3. The van der Waals surface area contributed by atoms with Crippen molar-refractivity contribution in [1.29, 1.82) is 0 Å². The summed E-state index contributed by atoms with van der Waals surface area (Å²) in [4.78, 5) is 2.32. The molecule has 1 heterocycles. The van der Waals surface area contributed by atoms with Crippen molar-refractivity contribution in [2.75, 3.05) is 19.8 Å². The van der Waals surface area contributed by atoms with Crippen LogP contribution in [0.5, 0.6) is 0 Å². The molecule has 1 aliphatic heterocycles. The van der Waals surface area contributed by atoms with E-state index in [-0.39, 0.29) is 17.7 Å². The molecule has 2 unspecified atom stereocenters. The van der Waals surface area contributed by atoms with Gasteiger partial charge < -0.3 is 9.84 Å². The zero-order valence-electron chi connectivity index (χ0n) is 9.08. The number of morpholine rings is 1. The molecule has 0 aromatic heterocycles. The SMILES string of the molecule is CC(O)C(C)N1CCOCC1(C)C. The third-order valence-electron chi connectivity index (χ3n) is 2.90. The lowest BCUT2D eigenvalue weighted by Gasteiger charge is -2.46. The summed E-state index contributed by atoms with van der Waals surface area (Å²) in [6.07, 6.45) is -0.280. The van der Waals surface area contributed by atoms with E-state index in [9.17, 15) is 5.11 Å². The molecule has 3 nitrogen and oxygen atoms in total. The Balaban J connectivity index is 2.65. The minimum absolute atomic E-state index is 0.0503. The normalized spacial score (nSPS) is 28.4. The molecule has 13 heavy (non-hydrogen) atoms. The van der Waals surface area contributed by atoms with E-state index in [1.54, 1.807) is 0 Å². The molecule has 1 saturated heterocycles. The predicted octanol–water partition coefficient (Wildman–Crippen LogP) is 0.866. The van der Waals surface area contributed by atoms with Gasteiger partial charge in [0, 0.05) is 18.1 Å². The summed E-state index contributed by atoms with van der Waals surface area (Å²) in [5.74, 6) is 0. The molecule has 3 heteroatoms. The van der Waals surface area contributed by atoms with Crippen LogP contribution in [-0.4, -0.2) is 47.4 Å². The summed E-state index contributed by atoms with van der Waals surface area (Å²) in [7, 11) is 0. The van der Waals surface area contributed by atoms with Crippen molar-refractivity contribution in [3.63, 3.8) is 0 Å². The Bertz CT molecular complexity index is 168. The quantitative estimate of drug-likeness (QED) is 0.696. The monoisotopic (exact) mass is 187 g/mol. The number of hydrogen-bond donors (Lipinski definition) is 1. The first-order chi connectivity index (χ1) is 5.95. The number of rotatable bonds is 2. The van der Waals surface area contributed by atoms with E-state index in [4.69, 9.17) is 4.74 Å². The molecule has 2 atom stereocenters. The maximum Gasteiger partial charge on any atom is 0.0664 e. The predicted molar refractivity (Wildman–Crippen MR) is 52.7 cm³/mol. The maximum absolute atomic E-state index is 9.52. The van der Waals surface area contributed by atoms with E-state index in [1.807, 2.05) is 6.92 Å². The van der Waals surface area contributed by atoms with Crippen LogP contribution in [0.1, 0.15) is 27.7 Å². The largest absolute Gasteiger partial charge is 0.392 e. The summed E-state index contributed by atoms with van der Waals surface area (Å²) >= 11 is 0. The van der Waals surface area contributed by atoms with Crippen LogP contribution in [0.25, 0.3) is 0 Å². The third-order valence-corrected chi connectivity index (χ3v) is 2.90. The van der Waals surface area contributed by atoms with E-state index < -0.39 is 0 Å². The Kier molecular flexibility index (Phi) is 3.33. The number of aliphatic hydroxyl groups is 1. The van der Waals surface area contributed by atoms with Gasteiger partial charge in [-0.05, 0) is 27.7 Å². The summed E-state index contributed by atoms with van der Waals surface area (Å²) in [5.41, 5.74) is 0.0503. The van der Waals surface area contributed by atoms with Crippen molar-refractivity contribution in [2.45, 2.75) is 45.4 Å². The third kappa shape index (κ3) is 2.42. The van der Waals surface area contributed by atoms with Gasteiger partial charge in [0.15, 0.2) is 0 Å². The highest BCUT2D eigenvalue weighted by molar-refractivity contribution is 4.89. The molecule has 0 amide bonds. The summed E-state index contributed by atoms with van der Waals surface area (Å²) < 4.78 is 5.42. The van der Waals surface area contributed by atoms with Crippen LogP contribution >= 0.6 is 0 Å². The number of nitrogens with zero attached hydrogens (tertiary/aromatic N) is 1. The van der Waals surface area contributed by atoms with Gasteiger partial charge in [-0.1, -0.05) is 0 Å². The molecule has 0 aromatic rings. The zero-order valence-corrected chi connectivity index (χ0v) is 9.08. The van der Waals surface area contributed by atoms with Crippen LogP contribution in [0.4, 0.5) is 0 Å². The van der Waals surface area contributed by atoms with Crippen LogP contribution in [0, 0.1) is 0 Å². The Morgan fingerprint density at radius 3 is 2.46 bits per heavy atom. The minimum atomic E-state index is -0.280. The molecule has 78 valence electrons. The number of ether oxygens (including phenoxy) is 1. The van der Waals surface area contributed by atoms with E-state index >= 15 is 0 Å². The van der Waals surface area contributed by atoms with Crippen molar-refractivity contribution in [2.24, 2.45) is 0 Å². The minimum Gasteiger partial charge on any atom is -0.392 e. The Hall–Kier alpha value is -0.120. The lowest BCUT2D eigenvalue weighted by atomic mass is 9.98. The van der Waals surface area contributed by atoms with E-state index in [1.165, 1.54) is 0 Å². The van der Waals surface area contributed by atoms with Crippen LogP contribution in [0.15, 0.2) is 0 Å². The van der Waals surface area contributed by atoms with Gasteiger partial charge >= 0.3 is 0 Å². The number of aliphatic hydroxyl groups excluding tert-OH is 1. The fourth-order valence-corrected chi connectivity index (χ4v) is 1.89. The highest BCUT2D eigenvalue weighted by atomic mass is 16.5. The lowest BCUT2D eigenvalue weighted by Crippen LogP contribution is -2.58. The molecule has 1 aliphatic rings. The van der Waals surface area contributed by atoms with Gasteiger partial charge in [0.05, 0.1) is 19.3 Å². The zero-order chi connectivity index (χ0) is 10.1. The molecule has 0 radical (unpaired) electrons. The Labute approximate surface area is 80.7 Å². The Morgan fingerprint density at radius 2 is 2.00 bits per heavy atom. The molecule has 0 saturated carbocycles. The molecule has 0 spiro atoms. The molecule has 0 aliphatic carbocycles. The van der Waals surface area contributed by atoms with Crippen molar-refractivity contribution in [1.82, 2.24) is 4.90 Å². The Morgan fingerprint density at radius 1 is 1.38 bits per heavy atom. The smallest absolute Gasteiger partial charge is 0.0664 e. The number of hydrogen-bond acceptors (Lipinski definition) is 3. The first kappa shape index (κ1) is 11.0. The molecule has 1 N–H and O–H groups in total. The van der Waals surface area contributed by atoms with Crippen molar-refractivity contribution in [3.8, 4) is 0 Å². The topological polar surface area (TPSA) is 32.7 Å². The summed E-state index contributed by atoms with van der Waals surface area (Å²) in [6.45, 7) is 10.7. The fraction of sp³-hybridized carbons (Fsp3) is 1.00. The van der Waals surface area contributed by atoms with Crippen molar-refractivity contribution < 1.29 is 9.84 Å². The highest BCUT2D eigenvalue weighted by Gasteiger charge is 2.35. The second kappa shape index (κ2) is 3.95. The van der Waals surface area contributed by atoms with E-state index in [0.717, 1.165) is 19.8 Å². The molecule has 1 rings (SSSR count). The van der Waals surface area contributed by atoms with Gasteiger partial charge in [0.25, 0.3) is 0 Å². The first-order valence-electron chi connectivity index (χ1n) is 4.98. The highest BCUT2D eigenvalue weighted by Crippen LogP contribution is 2.22. The van der Waals surface area contributed by atoms with E-state index in [0.29, 0.717) is 0 Å². The van der Waals surface area contributed by atoms with Crippen LogP contribution < -0.4 is 0 Å². The fourth-order valence-electron chi connectivity index (χ4n) is 1.89. The summed E-state index contributed by atoms with van der Waals surface area (Å²) in [5, 5.41) is 9.52. The second-order valence-corrected chi connectivity index (χ2v) is 4.54. The summed E-state index contributed by atoms with van der Waals surface area (Å²) in [6, 6.07) is 0.207. The van der Waals surface area contributed by atoms with Gasteiger partial charge in [-0.2, -0.15) is 0 Å². The second-order valence-electron chi connectivity index (χ2n) is 4.54. The molecule has 0 aromatic carbocycles. The van der Waals surface area contributed by atoms with Gasteiger partial charge in [0.1, 0.15) is 0 Å². The van der Waals surface area contributed by atoms with Crippen molar-refractivity contribution in [3.05, 3.63) is 0 Å². The first-order valence-corrected chi connectivity index (χ1v) is 4.98. The molecule has 1 fully saturated rings. The van der Waals surface area contributed by atoms with Crippen LogP contribution in [0.2, 0.25) is 0 Å². The molecule has 0 bridgehead atoms. The van der Waals surface area contributed by atoms with Crippen molar-refractivity contribution >= 4 is 0 Å². The lowest BCUT2D eigenvalue weighted by molar-refractivity contribution is -0.0890. The van der Waals surface area contributed by atoms with Gasteiger partial charge in [-0.25, -0.2) is 0 Å². The van der Waals surface area contributed by atoms with Gasteiger partial charge in [0.2, 0.25) is 0 Å². The van der Waals surface area contributed by atoms with Crippen LogP contribution in [0.3, 0.4) is 0 Å². The van der Waals surface area contributed by atoms with E-state index in [2.05, 4.69) is 25.7 Å². The average Bonchev–Trinajstić information content (AvgIpc) is 2.02. The molecular weight excluding hydrogens is 166 g/mol. The average molecular weight is 187 g/mol. The van der Waals surface area contributed by atoms with Gasteiger partial charge in [-0.15, -0.1) is 0 Å². The maximum atomic E-state index is 9.52. The van der Waals surface area contributed by atoms with Crippen LogP contribution in [-0.2, 0) is 4.74 Å².